The summed E-state index contributed by atoms with van der Waals surface area (Å²) in [6.45, 7) is 0.0663. The van der Waals surface area contributed by atoms with E-state index in [9.17, 15) is 27.2 Å². The van der Waals surface area contributed by atoms with Gasteiger partial charge in [0.2, 0.25) is 6.79 Å². The van der Waals surface area contributed by atoms with E-state index in [1.54, 1.807) is 12.1 Å². The number of ether oxygens (including phenoxy) is 2. The van der Waals surface area contributed by atoms with Gasteiger partial charge in [-0.3, -0.25) is 4.79 Å². The fourth-order valence-corrected chi connectivity index (χ4v) is 2.70. The molecule has 2 N–H and O–H groups in total. The minimum Gasteiger partial charge on any atom is -0.454 e. The van der Waals surface area contributed by atoms with Crippen LogP contribution in [0.5, 0.6) is 11.5 Å². The van der Waals surface area contributed by atoms with Crippen LogP contribution in [0.1, 0.15) is 16.1 Å². The molecule has 0 aliphatic carbocycles. The molecule has 160 valence electrons. The molecule has 1 aromatic heterocycles. The first-order valence-electron chi connectivity index (χ1n) is 8.65. The van der Waals surface area contributed by atoms with E-state index in [4.69, 9.17) is 9.47 Å². The van der Waals surface area contributed by atoms with Crippen molar-refractivity contribution in [3.63, 3.8) is 0 Å². The number of hydrogen-bond acceptors (Lipinski definition) is 5. The number of fused-ring (bicyclic) bond motifs is 1. The first kappa shape index (κ1) is 20.2. The fraction of sp³-hybridized carbons (Fsp3) is 0.105. The molecule has 0 bridgehead atoms. The summed E-state index contributed by atoms with van der Waals surface area (Å²) in [5.74, 6) is -1.08. The highest BCUT2D eigenvalue weighted by atomic mass is 19.4. The summed E-state index contributed by atoms with van der Waals surface area (Å²) in [5.41, 5.74) is -1.73. The minimum absolute atomic E-state index is 0.0663. The van der Waals surface area contributed by atoms with Crippen LogP contribution in [0.2, 0.25) is 0 Å². The Bertz CT molecular complexity index is 1180. The standard InChI is InChI=1S/C19H12F4N4O4/c20-12-3-1-10(19(21,22)23)7-14(12)25-17(28)13-5-6-27(26-13)18(29)24-11-2-4-15-16(8-11)31-9-30-15/h1-8H,9H2,(H,24,29)(H,25,28). The van der Waals surface area contributed by atoms with Gasteiger partial charge in [0.05, 0.1) is 11.3 Å². The van der Waals surface area contributed by atoms with Crippen molar-refractivity contribution < 1.29 is 36.6 Å². The average molecular weight is 436 g/mol. The maximum atomic E-state index is 13.8. The largest absolute Gasteiger partial charge is 0.454 e. The highest BCUT2D eigenvalue weighted by Gasteiger charge is 2.31. The molecule has 0 unspecified atom stereocenters. The Hall–Kier alpha value is -4.09. The lowest BCUT2D eigenvalue weighted by molar-refractivity contribution is -0.137. The summed E-state index contributed by atoms with van der Waals surface area (Å²) >= 11 is 0. The number of rotatable bonds is 3. The van der Waals surface area contributed by atoms with Crippen LogP contribution >= 0.6 is 0 Å². The van der Waals surface area contributed by atoms with Crippen molar-refractivity contribution in [1.29, 1.82) is 0 Å². The van der Waals surface area contributed by atoms with Gasteiger partial charge in [-0.15, -0.1) is 0 Å². The topological polar surface area (TPSA) is 94.5 Å². The van der Waals surface area contributed by atoms with Gasteiger partial charge in [-0.25, -0.2) is 9.18 Å². The predicted octanol–water partition coefficient (Wildman–Crippen LogP) is 4.10. The molecular weight excluding hydrogens is 424 g/mol. The zero-order valence-corrected chi connectivity index (χ0v) is 15.4. The number of carbonyl (C=O) groups is 2. The Morgan fingerprint density at radius 3 is 2.55 bits per heavy atom. The first-order valence-corrected chi connectivity index (χ1v) is 8.65. The van der Waals surface area contributed by atoms with E-state index in [1.165, 1.54) is 12.3 Å². The van der Waals surface area contributed by atoms with Crippen LogP contribution in [0.25, 0.3) is 0 Å². The summed E-state index contributed by atoms with van der Waals surface area (Å²) in [7, 11) is 0. The van der Waals surface area contributed by atoms with Crippen molar-refractivity contribution in [2.24, 2.45) is 0 Å². The number of nitrogens with one attached hydrogen (secondary N) is 2. The van der Waals surface area contributed by atoms with Crippen molar-refractivity contribution in [1.82, 2.24) is 9.78 Å². The molecule has 2 heterocycles. The van der Waals surface area contributed by atoms with Gasteiger partial charge in [0.1, 0.15) is 5.82 Å². The van der Waals surface area contributed by atoms with E-state index in [0.29, 0.717) is 35.4 Å². The van der Waals surface area contributed by atoms with Gasteiger partial charge in [0.25, 0.3) is 5.91 Å². The Morgan fingerprint density at radius 2 is 1.77 bits per heavy atom. The molecule has 1 aliphatic rings. The normalized spacial score (nSPS) is 12.5. The van der Waals surface area contributed by atoms with Crippen LogP contribution in [0.3, 0.4) is 0 Å². The van der Waals surface area contributed by atoms with Gasteiger partial charge in [0, 0.05) is 18.0 Å². The van der Waals surface area contributed by atoms with E-state index in [1.807, 2.05) is 5.32 Å². The van der Waals surface area contributed by atoms with E-state index in [2.05, 4.69) is 10.4 Å². The maximum absolute atomic E-state index is 13.8. The fourth-order valence-electron chi connectivity index (χ4n) is 2.70. The zero-order chi connectivity index (χ0) is 22.2. The second kappa shape index (κ2) is 7.63. The smallest absolute Gasteiger partial charge is 0.416 e. The molecular formula is C19H12F4N4O4. The van der Waals surface area contributed by atoms with Crippen molar-refractivity contribution >= 4 is 23.3 Å². The van der Waals surface area contributed by atoms with Crippen LogP contribution in [-0.4, -0.2) is 28.5 Å². The zero-order valence-electron chi connectivity index (χ0n) is 15.4. The quantitative estimate of drug-likeness (QED) is 0.603. The third kappa shape index (κ3) is 4.27. The molecule has 2 aromatic carbocycles. The Morgan fingerprint density at radius 1 is 1.00 bits per heavy atom. The molecule has 3 aromatic rings. The molecule has 1 aliphatic heterocycles. The highest BCUT2D eigenvalue weighted by molar-refractivity contribution is 6.03. The van der Waals surface area contributed by atoms with Crippen LogP contribution in [0, 0.1) is 5.82 Å². The average Bonchev–Trinajstić information content (AvgIpc) is 3.38. The summed E-state index contributed by atoms with van der Waals surface area (Å²) in [6, 6.07) is 6.76. The lowest BCUT2D eigenvalue weighted by Gasteiger charge is -2.10. The number of amides is 2. The molecule has 8 nitrogen and oxygen atoms in total. The number of aromatic nitrogens is 2. The van der Waals surface area contributed by atoms with Gasteiger partial charge in [-0.2, -0.15) is 23.0 Å². The third-order valence-electron chi connectivity index (χ3n) is 4.20. The highest BCUT2D eigenvalue weighted by Crippen LogP contribution is 2.34. The lowest BCUT2D eigenvalue weighted by atomic mass is 10.2. The van der Waals surface area contributed by atoms with Crippen molar-refractivity contribution in [3.8, 4) is 11.5 Å². The van der Waals surface area contributed by atoms with E-state index < -0.39 is 35.2 Å². The Kier molecular flexibility index (Phi) is 4.97. The van der Waals surface area contributed by atoms with Crippen molar-refractivity contribution in [3.05, 3.63) is 65.7 Å². The van der Waals surface area contributed by atoms with Gasteiger partial charge in [-0.05, 0) is 36.4 Å². The number of nitrogens with zero attached hydrogens (tertiary/aromatic N) is 2. The summed E-state index contributed by atoms with van der Waals surface area (Å²) in [6.07, 6.45) is -3.54. The molecule has 31 heavy (non-hydrogen) atoms. The third-order valence-corrected chi connectivity index (χ3v) is 4.20. The maximum Gasteiger partial charge on any atom is 0.416 e. The molecule has 0 fully saturated rings. The second-order valence-corrected chi connectivity index (χ2v) is 6.29. The van der Waals surface area contributed by atoms with Gasteiger partial charge in [-0.1, -0.05) is 0 Å². The molecule has 12 heteroatoms. The van der Waals surface area contributed by atoms with Crippen LogP contribution in [-0.2, 0) is 6.18 Å². The number of alkyl halides is 3. The monoisotopic (exact) mass is 436 g/mol. The molecule has 4 rings (SSSR count). The SMILES string of the molecule is O=C(Nc1cc(C(F)(F)F)ccc1F)c1ccn(C(=O)Nc2ccc3c(c2)OCO3)n1. The first-order chi connectivity index (χ1) is 14.7. The number of hydrogen-bond donors (Lipinski definition) is 2. The predicted molar refractivity (Wildman–Crippen MR) is 98.6 cm³/mol. The Balaban J connectivity index is 1.46. The summed E-state index contributed by atoms with van der Waals surface area (Å²) < 4.78 is 63.4. The molecule has 0 atom stereocenters. The van der Waals surface area contributed by atoms with Crippen LogP contribution in [0.15, 0.2) is 48.7 Å². The number of benzene rings is 2. The summed E-state index contributed by atoms with van der Waals surface area (Å²) in [5, 5.41) is 8.32. The van der Waals surface area contributed by atoms with E-state index in [-0.39, 0.29) is 12.5 Å². The number of halogens is 4. The molecule has 0 spiro atoms. The second-order valence-electron chi connectivity index (χ2n) is 6.29. The van der Waals surface area contributed by atoms with E-state index in [0.717, 1.165) is 10.7 Å². The van der Waals surface area contributed by atoms with Gasteiger partial charge in [0.15, 0.2) is 17.2 Å². The van der Waals surface area contributed by atoms with E-state index >= 15 is 0 Å². The van der Waals surface area contributed by atoms with Crippen molar-refractivity contribution in [2.75, 3.05) is 17.4 Å². The lowest BCUT2D eigenvalue weighted by Crippen LogP contribution is -2.21. The van der Waals surface area contributed by atoms with Gasteiger partial charge < -0.3 is 20.1 Å². The minimum atomic E-state index is -4.71. The molecule has 0 saturated heterocycles. The Labute approximate surface area is 171 Å². The number of carbonyl (C=O) groups excluding carboxylic acids is 2. The summed E-state index contributed by atoms with van der Waals surface area (Å²) in [4.78, 5) is 24.6. The molecule has 0 radical (unpaired) electrons. The molecule has 0 saturated carbocycles. The van der Waals surface area contributed by atoms with Gasteiger partial charge >= 0.3 is 12.2 Å². The van der Waals surface area contributed by atoms with Crippen molar-refractivity contribution in [2.45, 2.75) is 6.18 Å². The molecule has 2 amide bonds. The van der Waals surface area contributed by atoms with Crippen LogP contribution < -0.4 is 20.1 Å². The number of anilines is 2. The van der Waals surface area contributed by atoms with Crippen LogP contribution in [0.4, 0.5) is 33.7 Å².